The van der Waals surface area contributed by atoms with Gasteiger partial charge in [0.2, 0.25) is 0 Å². The van der Waals surface area contributed by atoms with E-state index in [2.05, 4.69) is 16.9 Å². The number of pyridine rings is 1. The first-order chi connectivity index (χ1) is 7.15. The lowest BCUT2D eigenvalue weighted by Crippen LogP contribution is -2.16. The molecule has 80 valence electrons. The number of hydrogen-bond donors (Lipinski definition) is 2. The first-order valence-corrected chi connectivity index (χ1v) is 4.70. The Kier molecular flexibility index (Phi) is 3.85. The van der Waals surface area contributed by atoms with Crippen molar-refractivity contribution in [3.63, 3.8) is 0 Å². The number of nitrogens with one attached hydrogen (secondary N) is 1. The predicted molar refractivity (Wildman–Crippen MR) is 59.1 cm³/mol. The number of rotatable bonds is 5. The second kappa shape index (κ2) is 5.14. The molecule has 2 N–H and O–H groups in total. The molecule has 0 aliphatic rings. The Bertz CT molecular complexity index is 363. The molecule has 0 spiro atoms. The van der Waals surface area contributed by atoms with E-state index in [1.165, 1.54) is 6.20 Å². The van der Waals surface area contributed by atoms with Gasteiger partial charge >= 0.3 is 5.97 Å². The molecule has 1 aromatic heterocycles. The van der Waals surface area contributed by atoms with Crippen LogP contribution < -0.4 is 5.32 Å². The molecule has 0 saturated heterocycles. The number of anilines is 1. The van der Waals surface area contributed by atoms with Gasteiger partial charge in [-0.1, -0.05) is 6.08 Å². The van der Waals surface area contributed by atoms with Gasteiger partial charge in [0.25, 0.3) is 0 Å². The van der Waals surface area contributed by atoms with Crippen LogP contribution >= 0.6 is 0 Å². The Balaban J connectivity index is 2.84. The molecule has 1 aromatic rings. The van der Waals surface area contributed by atoms with E-state index in [0.717, 1.165) is 6.42 Å². The van der Waals surface area contributed by atoms with Crippen molar-refractivity contribution in [1.29, 1.82) is 0 Å². The van der Waals surface area contributed by atoms with Crippen LogP contribution in [0.25, 0.3) is 0 Å². The third-order valence-electron chi connectivity index (χ3n) is 1.97. The minimum atomic E-state index is -0.976. The zero-order valence-corrected chi connectivity index (χ0v) is 8.60. The normalized spacial score (nSPS) is 11.8. The summed E-state index contributed by atoms with van der Waals surface area (Å²) in [5, 5.41) is 12.0. The summed E-state index contributed by atoms with van der Waals surface area (Å²) in [4.78, 5) is 14.6. The largest absolute Gasteiger partial charge is 0.478 e. The summed E-state index contributed by atoms with van der Waals surface area (Å²) in [6, 6.07) is 1.81. The molecule has 4 heteroatoms. The average Bonchev–Trinajstić information content (AvgIpc) is 2.18. The highest BCUT2D eigenvalue weighted by atomic mass is 16.4. The molecule has 0 aliphatic heterocycles. The van der Waals surface area contributed by atoms with Gasteiger partial charge in [-0.25, -0.2) is 4.79 Å². The van der Waals surface area contributed by atoms with E-state index in [9.17, 15) is 4.79 Å². The second-order valence-electron chi connectivity index (χ2n) is 3.30. The first kappa shape index (κ1) is 11.2. The van der Waals surface area contributed by atoms with Crippen LogP contribution in [0, 0.1) is 0 Å². The van der Waals surface area contributed by atoms with Crippen LogP contribution in [-0.4, -0.2) is 22.1 Å². The van der Waals surface area contributed by atoms with E-state index in [1.807, 2.05) is 6.92 Å². The lowest BCUT2D eigenvalue weighted by Gasteiger charge is -2.14. The Hall–Kier alpha value is -1.84. The standard InChI is InChI=1S/C11H14N2O2/c1-3-4-8(2)13-10-5-6-12-7-9(10)11(14)15/h3,5-8H,1,4H2,2H3,(H,12,13)(H,14,15). The van der Waals surface area contributed by atoms with Crippen molar-refractivity contribution in [3.8, 4) is 0 Å². The average molecular weight is 206 g/mol. The van der Waals surface area contributed by atoms with Crippen LogP contribution in [-0.2, 0) is 0 Å². The minimum absolute atomic E-state index is 0.156. The van der Waals surface area contributed by atoms with E-state index >= 15 is 0 Å². The van der Waals surface area contributed by atoms with Gasteiger partial charge in [-0.15, -0.1) is 6.58 Å². The highest BCUT2D eigenvalue weighted by Gasteiger charge is 2.10. The van der Waals surface area contributed by atoms with Crippen molar-refractivity contribution in [3.05, 3.63) is 36.7 Å². The monoisotopic (exact) mass is 206 g/mol. The Morgan fingerprint density at radius 2 is 2.53 bits per heavy atom. The summed E-state index contributed by atoms with van der Waals surface area (Å²) >= 11 is 0. The molecule has 1 unspecified atom stereocenters. The fourth-order valence-electron chi connectivity index (χ4n) is 1.27. The zero-order chi connectivity index (χ0) is 11.3. The number of carboxylic acids is 1. The van der Waals surface area contributed by atoms with Gasteiger partial charge < -0.3 is 10.4 Å². The second-order valence-corrected chi connectivity index (χ2v) is 3.30. The SMILES string of the molecule is C=CCC(C)Nc1ccncc1C(=O)O. The lowest BCUT2D eigenvalue weighted by molar-refractivity contribution is 0.0697. The van der Waals surface area contributed by atoms with Crippen molar-refractivity contribution < 1.29 is 9.90 Å². The molecule has 1 atom stereocenters. The van der Waals surface area contributed by atoms with E-state index in [4.69, 9.17) is 5.11 Å². The van der Waals surface area contributed by atoms with Crippen molar-refractivity contribution in [2.24, 2.45) is 0 Å². The number of hydrogen-bond acceptors (Lipinski definition) is 3. The summed E-state index contributed by atoms with van der Waals surface area (Å²) in [6.45, 7) is 5.60. The van der Waals surface area contributed by atoms with Crippen LogP contribution in [0.1, 0.15) is 23.7 Å². The van der Waals surface area contributed by atoms with Gasteiger partial charge in [-0.05, 0) is 19.4 Å². The molecule has 1 rings (SSSR count). The number of aromatic carboxylic acids is 1. The van der Waals surface area contributed by atoms with Crippen molar-refractivity contribution in [2.45, 2.75) is 19.4 Å². The van der Waals surface area contributed by atoms with Gasteiger partial charge in [0.1, 0.15) is 5.56 Å². The van der Waals surface area contributed by atoms with Gasteiger partial charge in [-0.3, -0.25) is 4.98 Å². The summed E-state index contributed by atoms with van der Waals surface area (Å²) in [7, 11) is 0. The maximum Gasteiger partial charge on any atom is 0.339 e. The molecular weight excluding hydrogens is 192 g/mol. The van der Waals surface area contributed by atoms with E-state index in [-0.39, 0.29) is 11.6 Å². The van der Waals surface area contributed by atoms with Crippen LogP contribution in [0.4, 0.5) is 5.69 Å². The summed E-state index contributed by atoms with van der Waals surface area (Å²) < 4.78 is 0. The molecule has 0 amide bonds. The van der Waals surface area contributed by atoms with Crippen LogP contribution in [0.15, 0.2) is 31.1 Å². The molecule has 0 saturated carbocycles. The maximum atomic E-state index is 10.9. The molecule has 0 radical (unpaired) electrons. The Labute approximate surface area is 88.7 Å². The fourth-order valence-corrected chi connectivity index (χ4v) is 1.27. The quantitative estimate of drug-likeness (QED) is 0.725. The molecule has 4 nitrogen and oxygen atoms in total. The van der Waals surface area contributed by atoms with Crippen molar-refractivity contribution in [1.82, 2.24) is 4.98 Å². The highest BCUT2D eigenvalue weighted by molar-refractivity contribution is 5.93. The smallest absolute Gasteiger partial charge is 0.339 e. The number of carbonyl (C=O) groups is 1. The maximum absolute atomic E-state index is 10.9. The molecule has 1 heterocycles. The van der Waals surface area contributed by atoms with Crippen molar-refractivity contribution in [2.75, 3.05) is 5.32 Å². The summed E-state index contributed by atoms with van der Waals surface area (Å²) in [5.74, 6) is -0.976. The van der Waals surface area contributed by atoms with Crippen molar-refractivity contribution >= 4 is 11.7 Å². The molecule has 0 fully saturated rings. The highest BCUT2D eigenvalue weighted by Crippen LogP contribution is 2.15. The van der Waals surface area contributed by atoms with E-state index < -0.39 is 5.97 Å². The first-order valence-electron chi connectivity index (χ1n) is 4.70. The van der Waals surface area contributed by atoms with E-state index in [0.29, 0.717) is 5.69 Å². The molecule has 0 aromatic carbocycles. The molecule has 0 bridgehead atoms. The number of nitrogens with zero attached hydrogens (tertiary/aromatic N) is 1. The van der Waals surface area contributed by atoms with Crippen LogP contribution in [0.2, 0.25) is 0 Å². The third-order valence-corrected chi connectivity index (χ3v) is 1.97. The van der Waals surface area contributed by atoms with Gasteiger partial charge in [0, 0.05) is 18.4 Å². The van der Waals surface area contributed by atoms with Gasteiger partial charge in [-0.2, -0.15) is 0 Å². The molecule has 0 aliphatic carbocycles. The van der Waals surface area contributed by atoms with E-state index in [1.54, 1.807) is 18.3 Å². The number of carboxylic acid groups (broad SMARTS) is 1. The summed E-state index contributed by atoms with van der Waals surface area (Å²) in [6.07, 6.45) is 5.47. The Morgan fingerprint density at radius 1 is 1.80 bits per heavy atom. The van der Waals surface area contributed by atoms with Gasteiger partial charge in [0.05, 0.1) is 5.69 Å². The lowest BCUT2D eigenvalue weighted by atomic mass is 10.2. The molecular formula is C11H14N2O2. The van der Waals surface area contributed by atoms with Crippen LogP contribution in [0.5, 0.6) is 0 Å². The molecule has 15 heavy (non-hydrogen) atoms. The summed E-state index contributed by atoms with van der Waals surface area (Å²) in [5.41, 5.74) is 0.778. The minimum Gasteiger partial charge on any atom is -0.478 e. The number of aromatic nitrogens is 1. The predicted octanol–water partition coefficient (Wildman–Crippen LogP) is 2.16. The fraction of sp³-hybridized carbons (Fsp3) is 0.273. The topological polar surface area (TPSA) is 62.2 Å². The third kappa shape index (κ3) is 3.09. The van der Waals surface area contributed by atoms with Crippen LogP contribution in [0.3, 0.4) is 0 Å². The zero-order valence-electron chi connectivity index (χ0n) is 8.60. The van der Waals surface area contributed by atoms with Gasteiger partial charge in [0.15, 0.2) is 0 Å². The Morgan fingerprint density at radius 3 is 3.13 bits per heavy atom.